The van der Waals surface area contributed by atoms with Crippen molar-refractivity contribution in [3.05, 3.63) is 0 Å². The van der Waals surface area contributed by atoms with E-state index >= 15 is 0 Å². The highest BCUT2D eigenvalue weighted by molar-refractivity contribution is 4.65. The normalized spacial score (nSPS) is 15.4. The molecule has 2 unspecified atom stereocenters. The van der Waals surface area contributed by atoms with Crippen molar-refractivity contribution >= 4 is 0 Å². The van der Waals surface area contributed by atoms with E-state index in [0.717, 1.165) is 13.1 Å². The molecule has 0 aromatic rings. The first-order chi connectivity index (χ1) is 6.78. The van der Waals surface area contributed by atoms with Gasteiger partial charge in [-0.25, -0.2) is 0 Å². The lowest BCUT2D eigenvalue weighted by Gasteiger charge is -2.18. The van der Waals surface area contributed by atoms with Crippen molar-refractivity contribution in [3.63, 3.8) is 0 Å². The number of ether oxygens (including phenoxy) is 3. The van der Waals surface area contributed by atoms with Crippen molar-refractivity contribution in [1.29, 1.82) is 0 Å². The van der Waals surface area contributed by atoms with Crippen LogP contribution in [0.2, 0.25) is 0 Å². The van der Waals surface area contributed by atoms with Crippen molar-refractivity contribution in [2.24, 2.45) is 5.73 Å². The summed E-state index contributed by atoms with van der Waals surface area (Å²) in [6, 6.07) is 0. The molecule has 5 nitrogen and oxygen atoms in total. The maximum Gasteiger partial charge on any atom is 0.0928 e. The molecule has 0 saturated heterocycles. The summed E-state index contributed by atoms with van der Waals surface area (Å²) in [5, 5.41) is 3.21. The molecule has 3 N–H and O–H groups in total. The highest BCUT2D eigenvalue weighted by Gasteiger charge is 2.08. The second-order valence-electron chi connectivity index (χ2n) is 3.06. The Morgan fingerprint density at radius 1 is 1.07 bits per heavy atom. The van der Waals surface area contributed by atoms with Crippen LogP contribution < -0.4 is 11.1 Å². The van der Waals surface area contributed by atoms with Gasteiger partial charge >= 0.3 is 0 Å². The summed E-state index contributed by atoms with van der Waals surface area (Å²) < 4.78 is 15.3. The van der Waals surface area contributed by atoms with E-state index in [1.54, 1.807) is 21.3 Å². The first kappa shape index (κ1) is 13.8. The molecule has 0 saturated carbocycles. The van der Waals surface area contributed by atoms with Crippen LogP contribution in [-0.4, -0.2) is 59.8 Å². The van der Waals surface area contributed by atoms with Gasteiger partial charge in [-0.3, -0.25) is 0 Å². The van der Waals surface area contributed by atoms with Gasteiger partial charge in [0.05, 0.1) is 18.8 Å². The summed E-state index contributed by atoms with van der Waals surface area (Å²) in [5.41, 5.74) is 5.47. The van der Waals surface area contributed by atoms with Crippen LogP contribution in [-0.2, 0) is 14.2 Å². The molecule has 0 heterocycles. The summed E-state index contributed by atoms with van der Waals surface area (Å²) in [7, 11) is 4.98. The van der Waals surface area contributed by atoms with Crippen molar-refractivity contribution in [2.75, 3.05) is 47.6 Å². The van der Waals surface area contributed by atoms with Crippen molar-refractivity contribution in [1.82, 2.24) is 5.32 Å². The molecule has 0 amide bonds. The minimum atomic E-state index is 0.0649. The van der Waals surface area contributed by atoms with Crippen LogP contribution in [0.3, 0.4) is 0 Å². The van der Waals surface area contributed by atoms with Crippen molar-refractivity contribution in [2.45, 2.75) is 12.2 Å². The summed E-state index contributed by atoms with van der Waals surface area (Å²) in [4.78, 5) is 0. The topological polar surface area (TPSA) is 65.7 Å². The molecule has 0 fully saturated rings. The van der Waals surface area contributed by atoms with E-state index in [-0.39, 0.29) is 12.2 Å². The van der Waals surface area contributed by atoms with Crippen LogP contribution in [0.1, 0.15) is 0 Å². The lowest BCUT2D eigenvalue weighted by atomic mass is 10.3. The lowest BCUT2D eigenvalue weighted by Crippen LogP contribution is -2.39. The van der Waals surface area contributed by atoms with E-state index in [9.17, 15) is 0 Å². The Morgan fingerprint density at radius 3 is 2.07 bits per heavy atom. The summed E-state index contributed by atoms with van der Waals surface area (Å²) >= 11 is 0. The van der Waals surface area contributed by atoms with Crippen molar-refractivity contribution < 1.29 is 14.2 Å². The average molecular weight is 206 g/mol. The summed E-state index contributed by atoms with van der Waals surface area (Å²) in [5.74, 6) is 0. The number of nitrogens with two attached hydrogens (primary N) is 1. The molecule has 0 rings (SSSR count). The molecule has 0 aromatic carbocycles. The quantitative estimate of drug-likeness (QED) is 0.517. The second kappa shape index (κ2) is 9.36. The molecule has 0 aromatic heterocycles. The molecule has 0 aliphatic rings. The minimum Gasteiger partial charge on any atom is -0.382 e. The van der Waals surface area contributed by atoms with Crippen LogP contribution in [0.25, 0.3) is 0 Å². The number of methoxy groups -OCH3 is 3. The third-order valence-electron chi connectivity index (χ3n) is 2.03. The standard InChI is InChI=1S/C9H22N2O3/c1-12-7-9(14-3)6-11-5-8(4-10)13-2/h8-9,11H,4-7,10H2,1-3H3. The van der Waals surface area contributed by atoms with Gasteiger partial charge in [0.15, 0.2) is 0 Å². The van der Waals surface area contributed by atoms with Gasteiger partial charge in [0, 0.05) is 41.0 Å². The summed E-state index contributed by atoms with van der Waals surface area (Å²) in [6.07, 6.45) is 0.144. The zero-order valence-corrected chi connectivity index (χ0v) is 9.29. The molecule has 0 aliphatic carbocycles. The fourth-order valence-corrected chi connectivity index (χ4v) is 1.06. The molecular weight excluding hydrogens is 184 g/mol. The molecule has 0 spiro atoms. The largest absolute Gasteiger partial charge is 0.382 e. The van der Waals surface area contributed by atoms with Crippen LogP contribution in [0.5, 0.6) is 0 Å². The molecule has 86 valence electrons. The molecular formula is C9H22N2O3. The monoisotopic (exact) mass is 206 g/mol. The Kier molecular flexibility index (Phi) is 9.23. The van der Waals surface area contributed by atoms with E-state index in [1.165, 1.54) is 0 Å². The Hall–Kier alpha value is -0.200. The Bertz CT molecular complexity index is 121. The Labute approximate surface area is 85.9 Å². The van der Waals surface area contributed by atoms with Gasteiger partial charge in [0.1, 0.15) is 0 Å². The van der Waals surface area contributed by atoms with Gasteiger partial charge in [-0.15, -0.1) is 0 Å². The fraction of sp³-hybridized carbons (Fsp3) is 1.00. The molecule has 14 heavy (non-hydrogen) atoms. The molecule has 2 atom stereocenters. The second-order valence-corrected chi connectivity index (χ2v) is 3.06. The van der Waals surface area contributed by atoms with Gasteiger partial charge in [-0.1, -0.05) is 0 Å². The third kappa shape index (κ3) is 6.28. The minimum absolute atomic E-state index is 0.0649. The van der Waals surface area contributed by atoms with Crippen LogP contribution >= 0.6 is 0 Å². The van der Waals surface area contributed by atoms with Crippen LogP contribution in [0, 0.1) is 0 Å². The number of nitrogens with one attached hydrogen (secondary N) is 1. The summed E-state index contributed by atoms with van der Waals surface area (Å²) in [6.45, 7) is 2.58. The smallest absolute Gasteiger partial charge is 0.0928 e. The van der Waals surface area contributed by atoms with E-state index in [0.29, 0.717) is 13.2 Å². The fourth-order valence-electron chi connectivity index (χ4n) is 1.06. The van der Waals surface area contributed by atoms with Gasteiger partial charge in [0.2, 0.25) is 0 Å². The molecule has 0 radical (unpaired) electrons. The Morgan fingerprint density at radius 2 is 1.64 bits per heavy atom. The number of hydrogen-bond donors (Lipinski definition) is 2. The molecule has 0 bridgehead atoms. The maximum atomic E-state index is 5.47. The van der Waals surface area contributed by atoms with E-state index < -0.39 is 0 Å². The third-order valence-corrected chi connectivity index (χ3v) is 2.03. The zero-order chi connectivity index (χ0) is 10.8. The zero-order valence-electron chi connectivity index (χ0n) is 9.29. The van der Waals surface area contributed by atoms with E-state index in [2.05, 4.69) is 5.32 Å². The highest BCUT2D eigenvalue weighted by Crippen LogP contribution is 1.89. The Balaban J connectivity index is 3.48. The number of rotatable bonds is 9. The van der Waals surface area contributed by atoms with E-state index in [4.69, 9.17) is 19.9 Å². The maximum absolute atomic E-state index is 5.47. The first-order valence-corrected chi connectivity index (χ1v) is 4.73. The van der Waals surface area contributed by atoms with Crippen molar-refractivity contribution in [3.8, 4) is 0 Å². The predicted octanol–water partition coefficient (Wildman–Crippen LogP) is -0.789. The average Bonchev–Trinajstić information content (AvgIpc) is 2.23. The SMILES string of the molecule is COCC(CNCC(CN)OC)OC. The predicted molar refractivity (Wildman–Crippen MR) is 55.4 cm³/mol. The van der Waals surface area contributed by atoms with Gasteiger partial charge in [0.25, 0.3) is 0 Å². The highest BCUT2D eigenvalue weighted by atomic mass is 16.5. The number of hydrogen-bond acceptors (Lipinski definition) is 5. The first-order valence-electron chi connectivity index (χ1n) is 4.73. The van der Waals surface area contributed by atoms with Gasteiger partial charge < -0.3 is 25.3 Å². The lowest BCUT2D eigenvalue weighted by molar-refractivity contribution is 0.0258. The van der Waals surface area contributed by atoms with Gasteiger partial charge in [-0.2, -0.15) is 0 Å². The molecule has 0 aliphatic heterocycles. The van der Waals surface area contributed by atoms with Crippen LogP contribution in [0.15, 0.2) is 0 Å². The van der Waals surface area contributed by atoms with Crippen LogP contribution in [0.4, 0.5) is 0 Å². The van der Waals surface area contributed by atoms with E-state index in [1.807, 2.05) is 0 Å². The molecule has 5 heteroatoms. The van der Waals surface area contributed by atoms with Gasteiger partial charge in [-0.05, 0) is 0 Å².